The summed E-state index contributed by atoms with van der Waals surface area (Å²) in [6, 6.07) is 5.51. The molecule has 1 aliphatic carbocycles. The van der Waals surface area contributed by atoms with Crippen LogP contribution in [-0.4, -0.2) is 24.6 Å². The van der Waals surface area contributed by atoms with Crippen molar-refractivity contribution in [3.63, 3.8) is 0 Å². The predicted octanol–water partition coefficient (Wildman–Crippen LogP) is 2.07. The van der Waals surface area contributed by atoms with Crippen molar-refractivity contribution in [3.05, 3.63) is 24.3 Å². The first kappa shape index (κ1) is 13.1. The summed E-state index contributed by atoms with van der Waals surface area (Å²) in [5.41, 5.74) is 0. The molecule has 0 saturated heterocycles. The van der Waals surface area contributed by atoms with Gasteiger partial charge in [0, 0.05) is 0 Å². The van der Waals surface area contributed by atoms with Gasteiger partial charge in [-0.2, -0.15) is 0 Å². The largest absolute Gasteiger partial charge is 0.508 e. The van der Waals surface area contributed by atoms with E-state index in [2.05, 4.69) is 0 Å². The molecule has 1 aliphatic rings. The summed E-state index contributed by atoms with van der Waals surface area (Å²) in [6.45, 7) is 0. The summed E-state index contributed by atoms with van der Waals surface area (Å²) < 4.78 is 23.8. The van der Waals surface area contributed by atoms with Crippen molar-refractivity contribution in [2.45, 2.75) is 41.7 Å². The van der Waals surface area contributed by atoms with Crippen molar-refractivity contribution in [2.75, 3.05) is 0 Å². The van der Waals surface area contributed by atoms with E-state index < -0.39 is 14.6 Å². The van der Waals surface area contributed by atoms with Crippen LogP contribution in [-0.2, 0) is 14.6 Å². The fourth-order valence-corrected chi connectivity index (χ4v) is 4.44. The maximum Gasteiger partial charge on any atom is 0.191 e. The lowest BCUT2D eigenvalue weighted by Crippen LogP contribution is -2.42. The van der Waals surface area contributed by atoms with E-state index >= 15 is 0 Å². The predicted molar refractivity (Wildman–Crippen MR) is 67.2 cm³/mol. The number of hydrogen-bond acceptors (Lipinski definition) is 4. The smallest absolute Gasteiger partial charge is 0.191 e. The first-order chi connectivity index (χ1) is 8.52. The Morgan fingerprint density at radius 3 is 2.39 bits per heavy atom. The van der Waals surface area contributed by atoms with Crippen molar-refractivity contribution in [3.8, 4) is 5.75 Å². The molecule has 0 aromatic heterocycles. The Morgan fingerprint density at radius 2 is 1.83 bits per heavy atom. The molecule has 98 valence electrons. The quantitative estimate of drug-likeness (QED) is 0.852. The van der Waals surface area contributed by atoms with Gasteiger partial charge < -0.3 is 9.90 Å². The molecule has 2 rings (SSSR count). The zero-order chi connectivity index (χ0) is 13.2. The van der Waals surface area contributed by atoms with Crippen molar-refractivity contribution >= 4 is 16.1 Å². The first-order valence-corrected chi connectivity index (χ1v) is 7.50. The van der Waals surface area contributed by atoms with Crippen LogP contribution in [0.4, 0.5) is 0 Å². The third kappa shape index (κ3) is 2.03. The summed E-state index contributed by atoms with van der Waals surface area (Å²) in [6.07, 6.45) is 3.77. The Morgan fingerprint density at radius 1 is 1.17 bits per heavy atom. The maximum atomic E-state index is 12.6. The topological polar surface area (TPSA) is 71.4 Å². The Balaban J connectivity index is 2.49. The van der Waals surface area contributed by atoms with Gasteiger partial charge in [0.25, 0.3) is 0 Å². The van der Waals surface area contributed by atoms with Crippen LogP contribution in [0.25, 0.3) is 0 Å². The lowest BCUT2D eigenvalue weighted by atomic mass is 9.89. The first-order valence-electron chi connectivity index (χ1n) is 6.02. The van der Waals surface area contributed by atoms with Crippen LogP contribution in [0.1, 0.15) is 32.1 Å². The molecule has 0 spiro atoms. The van der Waals surface area contributed by atoms with Crippen LogP contribution in [0.2, 0.25) is 0 Å². The molecule has 0 atom stereocenters. The number of phenols is 1. The van der Waals surface area contributed by atoms with Gasteiger partial charge in [0.1, 0.15) is 16.8 Å². The molecular formula is C13H16O4S. The molecule has 1 fully saturated rings. The van der Waals surface area contributed by atoms with Gasteiger partial charge in [0.05, 0.1) is 4.90 Å². The molecule has 0 radical (unpaired) electrons. The molecule has 0 aliphatic heterocycles. The number of sulfone groups is 1. The molecule has 1 aromatic carbocycles. The Hall–Kier alpha value is -1.36. The summed E-state index contributed by atoms with van der Waals surface area (Å²) in [5.74, 6) is -0.104. The fourth-order valence-electron chi connectivity index (χ4n) is 2.49. The van der Waals surface area contributed by atoms with Crippen LogP contribution in [0.15, 0.2) is 29.2 Å². The van der Waals surface area contributed by atoms with Crippen LogP contribution in [0.3, 0.4) is 0 Å². The molecule has 1 aromatic rings. The normalized spacial score (nSPS) is 19.3. The van der Waals surface area contributed by atoms with E-state index in [0.29, 0.717) is 19.1 Å². The van der Waals surface area contributed by atoms with Crippen LogP contribution >= 0.6 is 0 Å². The minimum absolute atomic E-state index is 0.0245. The molecule has 1 saturated carbocycles. The van der Waals surface area contributed by atoms with E-state index in [0.717, 1.165) is 19.3 Å². The van der Waals surface area contributed by atoms with E-state index in [1.165, 1.54) is 24.3 Å². The van der Waals surface area contributed by atoms with Gasteiger partial charge in [-0.1, -0.05) is 25.3 Å². The third-order valence-electron chi connectivity index (χ3n) is 3.58. The third-order valence-corrected chi connectivity index (χ3v) is 6.03. The highest BCUT2D eigenvalue weighted by molar-refractivity contribution is 7.93. The summed E-state index contributed by atoms with van der Waals surface area (Å²) in [4.78, 5) is 11.4. The van der Waals surface area contributed by atoms with Crippen LogP contribution in [0, 0.1) is 0 Å². The number of aromatic hydroxyl groups is 1. The van der Waals surface area contributed by atoms with E-state index in [-0.39, 0.29) is 10.6 Å². The van der Waals surface area contributed by atoms with Crippen molar-refractivity contribution in [1.29, 1.82) is 0 Å². The molecule has 0 bridgehead atoms. The highest BCUT2D eigenvalue weighted by atomic mass is 32.2. The minimum atomic E-state index is -3.72. The van der Waals surface area contributed by atoms with Crippen LogP contribution < -0.4 is 0 Å². The zero-order valence-electron chi connectivity index (χ0n) is 10.0. The second kappa shape index (κ2) is 4.72. The average molecular weight is 268 g/mol. The van der Waals surface area contributed by atoms with Crippen molar-refractivity contribution < 1.29 is 18.3 Å². The fraction of sp³-hybridized carbons (Fsp3) is 0.462. The lowest BCUT2D eigenvalue weighted by molar-refractivity contribution is -0.110. The van der Waals surface area contributed by atoms with Gasteiger partial charge in [-0.25, -0.2) is 8.42 Å². The second-order valence-electron chi connectivity index (χ2n) is 4.74. The second-order valence-corrected chi connectivity index (χ2v) is 7.04. The molecule has 0 unspecified atom stereocenters. The van der Waals surface area contributed by atoms with Crippen molar-refractivity contribution in [1.82, 2.24) is 0 Å². The maximum absolute atomic E-state index is 12.6. The number of carbonyl (C=O) groups excluding carboxylic acids is 1. The highest BCUT2D eigenvalue weighted by Crippen LogP contribution is 2.38. The Kier molecular flexibility index (Phi) is 3.43. The number of hydrogen-bond donors (Lipinski definition) is 1. The standard InChI is InChI=1S/C13H16O4S/c14-10-13(7-2-1-3-8-13)18(16,17)12-6-4-5-11(15)9-12/h4-6,9-10,15H,1-3,7-8H2. The number of phenolic OH excluding ortho intramolecular Hbond substituents is 1. The molecular weight excluding hydrogens is 252 g/mol. The van der Waals surface area contributed by atoms with Gasteiger partial charge in [-0.15, -0.1) is 0 Å². The van der Waals surface area contributed by atoms with E-state index in [9.17, 15) is 18.3 Å². The molecule has 1 N–H and O–H groups in total. The Bertz CT molecular complexity index is 542. The van der Waals surface area contributed by atoms with E-state index in [4.69, 9.17) is 0 Å². The molecule has 5 heteroatoms. The van der Waals surface area contributed by atoms with Gasteiger partial charge >= 0.3 is 0 Å². The summed E-state index contributed by atoms with van der Waals surface area (Å²) in [5, 5.41) is 9.38. The highest BCUT2D eigenvalue weighted by Gasteiger charge is 2.45. The monoisotopic (exact) mass is 268 g/mol. The molecule has 4 nitrogen and oxygen atoms in total. The number of carbonyl (C=O) groups is 1. The average Bonchev–Trinajstić information content (AvgIpc) is 2.39. The van der Waals surface area contributed by atoms with Gasteiger partial charge in [-0.3, -0.25) is 0 Å². The number of aldehydes is 1. The Labute approximate surface area is 107 Å². The van der Waals surface area contributed by atoms with E-state index in [1.807, 2.05) is 0 Å². The zero-order valence-corrected chi connectivity index (χ0v) is 10.8. The minimum Gasteiger partial charge on any atom is -0.508 e. The van der Waals surface area contributed by atoms with Gasteiger partial charge in [-0.05, 0) is 31.0 Å². The summed E-state index contributed by atoms with van der Waals surface area (Å²) in [7, 11) is -3.72. The number of benzene rings is 1. The van der Waals surface area contributed by atoms with E-state index in [1.54, 1.807) is 0 Å². The van der Waals surface area contributed by atoms with Gasteiger partial charge in [0.15, 0.2) is 9.84 Å². The lowest BCUT2D eigenvalue weighted by Gasteiger charge is -2.31. The van der Waals surface area contributed by atoms with Crippen LogP contribution in [0.5, 0.6) is 5.75 Å². The molecule has 0 amide bonds. The van der Waals surface area contributed by atoms with Gasteiger partial charge in [0.2, 0.25) is 0 Å². The molecule has 0 heterocycles. The summed E-state index contributed by atoms with van der Waals surface area (Å²) >= 11 is 0. The SMILES string of the molecule is O=CC1(S(=O)(=O)c2cccc(O)c2)CCCCC1. The van der Waals surface area contributed by atoms with Crippen molar-refractivity contribution in [2.24, 2.45) is 0 Å². The number of rotatable bonds is 3. The molecule has 18 heavy (non-hydrogen) atoms.